The zero-order chi connectivity index (χ0) is 18.0. The molecule has 2 aromatic carbocycles. The van der Waals surface area contributed by atoms with Crippen molar-refractivity contribution in [3.8, 4) is 0 Å². The van der Waals surface area contributed by atoms with Crippen LogP contribution in [-0.2, 0) is 11.3 Å². The molecule has 0 aliphatic carbocycles. The van der Waals surface area contributed by atoms with E-state index in [2.05, 4.69) is 4.99 Å². The van der Waals surface area contributed by atoms with E-state index in [9.17, 15) is 14.9 Å². The molecule has 1 aromatic heterocycles. The fraction of sp³-hybridized carbons (Fsp3) is 0.111. The monoisotopic (exact) mass is 336 g/mol. The highest BCUT2D eigenvalue weighted by Crippen LogP contribution is 2.25. The maximum Gasteiger partial charge on any atom is 0.274 e. The molecule has 0 saturated heterocycles. The second kappa shape index (κ2) is 6.56. The number of fused-ring (bicyclic) bond motifs is 1. The SMILES string of the molecule is Cc1ccc(N=Cc2cn(CC(N)=O)c3ccccc23)cc1[N+](=O)[O-]. The molecule has 0 aliphatic heterocycles. The lowest BCUT2D eigenvalue weighted by Gasteiger charge is -2.00. The van der Waals surface area contributed by atoms with Crippen LogP contribution in [0.25, 0.3) is 10.9 Å². The predicted molar refractivity (Wildman–Crippen MR) is 96.2 cm³/mol. The summed E-state index contributed by atoms with van der Waals surface area (Å²) in [6.07, 6.45) is 3.43. The molecule has 0 aliphatic rings. The minimum Gasteiger partial charge on any atom is -0.368 e. The number of aromatic nitrogens is 1. The van der Waals surface area contributed by atoms with E-state index in [0.29, 0.717) is 11.3 Å². The molecule has 0 radical (unpaired) electrons. The van der Waals surface area contributed by atoms with Gasteiger partial charge in [-0.05, 0) is 19.1 Å². The van der Waals surface area contributed by atoms with E-state index in [1.165, 1.54) is 6.07 Å². The molecule has 0 fully saturated rings. The summed E-state index contributed by atoms with van der Waals surface area (Å²) in [7, 11) is 0. The first-order valence-electron chi connectivity index (χ1n) is 7.61. The Hall–Kier alpha value is -3.48. The maximum atomic E-state index is 11.2. The fourth-order valence-corrected chi connectivity index (χ4v) is 2.70. The highest BCUT2D eigenvalue weighted by molar-refractivity contribution is 6.00. The van der Waals surface area contributed by atoms with Crippen LogP contribution >= 0.6 is 0 Å². The van der Waals surface area contributed by atoms with Gasteiger partial charge in [-0.1, -0.05) is 24.3 Å². The fourth-order valence-electron chi connectivity index (χ4n) is 2.70. The molecular formula is C18H16N4O3. The number of primary amides is 1. The van der Waals surface area contributed by atoms with Crippen LogP contribution in [0.1, 0.15) is 11.1 Å². The third kappa shape index (κ3) is 3.40. The molecule has 0 atom stereocenters. The minimum atomic E-state index is -0.432. The number of nitro benzene ring substituents is 1. The van der Waals surface area contributed by atoms with Crippen LogP contribution in [0.5, 0.6) is 0 Å². The Morgan fingerprint density at radius 3 is 2.80 bits per heavy atom. The summed E-state index contributed by atoms with van der Waals surface area (Å²) >= 11 is 0. The first-order chi connectivity index (χ1) is 12.0. The summed E-state index contributed by atoms with van der Waals surface area (Å²) in [5.74, 6) is -0.432. The number of carbonyl (C=O) groups excluding carboxylic acids is 1. The van der Waals surface area contributed by atoms with Gasteiger partial charge in [0.25, 0.3) is 5.69 Å². The van der Waals surface area contributed by atoms with Crippen LogP contribution in [0.2, 0.25) is 0 Å². The number of nitrogens with two attached hydrogens (primary N) is 1. The number of nitro groups is 1. The molecule has 0 saturated carbocycles. The molecule has 3 aromatic rings. The average molecular weight is 336 g/mol. The van der Waals surface area contributed by atoms with Gasteiger partial charge in [0, 0.05) is 40.5 Å². The standard InChI is InChI=1S/C18H16N4O3/c1-12-6-7-14(8-17(12)22(24)25)20-9-13-10-21(11-18(19)23)16-5-3-2-4-15(13)16/h2-10H,11H2,1H3,(H2,19,23). The highest BCUT2D eigenvalue weighted by Gasteiger charge is 2.11. The lowest BCUT2D eigenvalue weighted by Crippen LogP contribution is -2.17. The lowest BCUT2D eigenvalue weighted by atomic mass is 10.2. The molecule has 0 bridgehead atoms. The van der Waals surface area contributed by atoms with Crippen LogP contribution in [0.4, 0.5) is 11.4 Å². The zero-order valence-corrected chi connectivity index (χ0v) is 13.5. The lowest BCUT2D eigenvalue weighted by molar-refractivity contribution is -0.385. The summed E-state index contributed by atoms with van der Waals surface area (Å²) in [6.45, 7) is 1.76. The summed E-state index contributed by atoms with van der Waals surface area (Å²) in [5.41, 5.74) is 8.08. The zero-order valence-electron chi connectivity index (χ0n) is 13.5. The number of para-hydroxylation sites is 1. The molecule has 126 valence electrons. The second-order valence-electron chi connectivity index (χ2n) is 5.68. The van der Waals surface area contributed by atoms with Crippen molar-refractivity contribution in [1.29, 1.82) is 0 Å². The largest absolute Gasteiger partial charge is 0.368 e. The maximum absolute atomic E-state index is 11.2. The topological polar surface area (TPSA) is 104 Å². The van der Waals surface area contributed by atoms with Crippen LogP contribution in [0, 0.1) is 17.0 Å². The van der Waals surface area contributed by atoms with E-state index >= 15 is 0 Å². The Kier molecular flexibility index (Phi) is 4.30. The number of amides is 1. The van der Waals surface area contributed by atoms with Crippen molar-refractivity contribution >= 4 is 34.4 Å². The number of rotatable bonds is 5. The van der Waals surface area contributed by atoms with E-state index in [1.807, 2.05) is 24.3 Å². The van der Waals surface area contributed by atoms with Crippen LogP contribution < -0.4 is 5.73 Å². The number of carbonyl (C=O) groups is 1. The minimum absolute atomic E-state index is 0.0332. The van der Waals surface area contributed by atoms with Crippen molar-refractivity contribution < 1.29 is 9.72 Å². The smallest absolute Gasteiger partial charge is 0.274 e. The number of aliphatic imine (C=N–C) groups is 1. The van der Waals surface area contributed by atoms with Crippen LogP contribution in [0.15, 0.2) is 53.7 Å². The van der Waals surface area contributed by atoms with E-state index < -0.39 is 10.8 Å². The molecule has 1 amide bonds. The van der Waals surface area contributed by atoms with Crippen molar-refractivity contribution in [1.82, 2.24) is 4.57 Å². The Balaban J connectivity index is 2.00. The average Bonchev–Trinajstić information content (AvgIpc) is 2.91. The first kappa shape index (κ1) is 16.4. The van der Waals surface area contributed by atoms with Gasteiger partial charge in [-0.2, -0.15) is 0 Å². The second-order valence-corrected chi connectivity index (χ2v) is 5.68. The van der Waals surface area contributed by atoms with Gasteiger partial charge in [-0.15, -0.1) is 0 Å². The quantitative estimate of drug-likeness (QED) is 0.440. The Morgan fingerprint density at radius 2 is 2.08 bits per heavy atom. The number of benzene rings is 2. The normalized spacial score (nSPS) is 11.2. The summed E-state index contributed by atoms with van der Waals surface area (Å²) in [4.78, 5) is 26.2. The number of aryl methyl sites for hydroxylation is 1. The molecule has 0 spiro atoms. The molecule has 25 heavy (non-hydrogen) atoms. The van der Waals surface area contributed by atoms with Gasteiger partial charge in [0.15, 0.2) is 0 Å². The van der Waals surface area contributed by atoms with E-state index in [4.69, 9.17) is 5.73 Å². The van der Waals surface area contributed by atoms with E-state index in [1.54, 1.807) is 36.0 Å². The predicted octanol–water partition coefficient (Wildman–Crippen LogP) is 3.09. The third-order valence-electron chi connectivity index (χ3n) is 3.89. The van der Waals surface area contributed by atoms with Gasteiger partial charge in [-0.3, -0.25) is 19.9 Å². The molecule has 0 unspecified atom stereocenters. The van der Waals surface area contributed by atoms with Gasteiger partial charge in [-0.25, -0.2) is 0 Å². The highest BCUT2D eigenvalue weighted by atomic mass is 16.6. The molecule has 7 nitrogen and oxygen atoms in total. The Morgan fingerprint density at radius 1 is 1.32 bits per heavy atom. The number of hydrogen-bond acceptors (Lipinski definition) is 4. The van der Waals surface area contributed by atoms with Crippen LogP contribution in [0.3, 0.4) is 0 Å². The van der Waals surface area contributed by atoms with Gasteiger partial charge in [0.1, 0.15) is 6.54 Å². The van der Waals surface area contributed by atoms with Crippen LogP contribution in [-0.4, -0.2) is 21.6 Å². The van der Waals surface area contributed by atoms with Gasteiger partial charge < -0.3 is 10.3 Å². The number of nitrogens with zero attached hydrogens (tertiary/aromatic N) is 3. The molecular weight excluding hydrogens is 320 g/mol. The molecule has 1 heterocycles. The van der Waals surface area contributed by atoms with Crippen molar-refractivity contribution in [3.05, 3.63) is 69.9 Å². The van der Waals surface area contributed by atoms with Gasteiger partial charge in [0.2, 0.25) is 5.91 Å². The number of hydrogen-bond donors (Lipinski definition) is 1. The van der Waals surface area contributed by atoms with Crippen molar-refractivity contribution in [3.63, 3.8) is 0 Å². The van der Waals surface area contributed by atoms with Crippen molar-refractivity contribution in [2.24, 2.45) is 10.7 Å². The molecule has 2 N–H and O–H groups in total. The van der Waals surface area contributed by atoms with Gasteiger partial charge in [0.05, 0.1) is 10.6 Å². The van der Waals surface area contributed by atoms with E-state index in [-0.39, 0.29) is 12.2 Å². The van der Waals surface area contributed by atoms with E-state index in [0.717, 1.165) is 16.5 Å². The third-order valence-corrected chi connectivity index (χ3v) is 3.89. The first-order valence-corrected chi connectivity index (χ1v) is 7.61. The van der Waals surface area contributed by atoms with Crippen molar-refractivity contribution in [2.45, 2.75) is 13.5 Å². The Bertz CT molecular complexity index is 1000. The summed E-state index contributed by atoms with van der Waals surface area (Å²) in [5, 5.41) is 12.0. The van der Waals surface area contributed by atoms with Gasteiger partial charge >= 0.3 is 0 Å². The van der Waals surface area contributed by atoms with Crippen molar-refractivity contribution in [2.75, 3.05) is 0 Å². The molecule has 3 rings (SSSR count). The Labute approximate surface area is 143 Å². The molecule has 7 heteroatoms. The summed E-state index contributed by atoms with van der Waals surface area (Å²) < 4.78 is 1.76. The summed E-state index contributed by atoms with van der Waals surface area (Å²) in [6, 6.07) is 12.4.